The first-order chi connectivity index (χ1) is 7.23. The maximum Gasteiger partial charge on any atom is 0.419 e. The molecular formula is C10H7F5O. The third-order valence-corrected chi connectivity index (χ3v) is 1.91. The van der Waals surface area contributed by atoms with E-state index >= 15 is 0 Å². The van der Waals surface area contributed by atoms with Gasteiger partial charge in [0.15, 0.2) is 11.6 Å². The second-order valence-electron chi connectivity index (χ2n) is 3.28. The summed E-state index contributed by atoms with van der Waals surface area (Å²) in [7, 11) is 0. The Morgan fingerprint density at radius 1 is 1.19 bits per heavy atom. The summed E-state index contributed by atoms with van der Waals surface area (Å²) in [5, 5.41) is 0. The molecule has 0 saturated carbocycles. The lowest BCUT2D eigenvalue weighted by Gasteiger charge is -2.10. The van der Waals surface area contributed by atoms with Crippen LogP contribution in [-0.2, 0) is 17.4 Å². The minimum Gasteiger partial charge on any atom is -0.300 e. The second-order valence-corrected chi connectivity index (χ2v) is 3.28. The van der Waals surface area contributed by atoms with Gasteiger partial charge < -0.3 is 0 Å². The Balaban J connectivity index is 3.24. The molecule has 0 spiro atoms. The Morgan fingerprint density at radius 3 is 2.19 bits per heavy atom. The quantitative estimate of drug-likeness (QED) is 0.723. The van der Waals surface area contributed by atoms with Crippen LogP contribution in [0, 0.1) is 11.6 Å². The lowest BCUT2D eigenvalue weighted by Crippen LogP contribution is -2.11. The van der Waals surface area contributed by atoms with E-state index in [4.69, 9.17) is 0 Å². The van der Waals surface area contributed by atoms with Crippen molar-refractivity contribution in [1.82, 2.24) is 0 Å². The van der Waals surface area contributed by atoms with Gasteiger partial charge in [-0.3, -0.25) is 4.79 Å². The molecule has 1 rings (SSSR count). The number of ketones is 1. The number of carbonyl (C=O) groups excluding carboxylic acids is 1. The van der Waals surface area contributed by atoms with E-state index in [1.165, 1.54) is 0 Å². The molecule has 0 aromatic heterocycles. The van der Waals surface area contributed by atoms with Gasteiger partial charge in [-0.15, -0.1) is 0 Å². The highest BCUT2D eigenvalue weighted by molar-refractivity contribution is 5.78. The summed E-state index contributed by atoms with van der Waals surface area (Å²) in [6, 6.07) is 1.19. The van der Waals surface area contributed by atoms with Crippen LogP contribution >= 0.6 is 0 Å². The molecule has 0 unspecified atom stereocenters. The molecule has 0 aliphatic rings. The number of Topliss-reactive ketones (excluding diaryl/α,β-unsaturated/α-hetero) is 1. The molecule has 0 aliphatic carbocycles. The summed E-state index contributed by atoms with van der Waals surface area (Å²) in [4.78, 5) is 10.6. The fraction of sp³-hybridized carbons (Fsp3) is 0.300. The van der Waals surface area contributed by atoms with Crippen LogP contribution in [0.2, 0.25) is 0 Å². The summed E-state index contributed by atoms with van der Waals surface area (Å²) in [5.74, 6) is -4.05. The van der Waals surface area contributed by atoms with Crippen molar-refractivity contribution in [2.45, 2.75) is 19.5 Å². The van der Waals surface area contributed by atoms with Crippen molar-refractivity contribution in [3.63, 3.8) is 0 Å². The van der Waals surface area contributed by atoms with Crippen molar-refractivity contribution >= 4 is 5.78 Å². The molecule has 88 valence electrons. The first-order valence-electron chi connectivity index (χ1n) is 4.27. The topological polar surface area (TPSA) is 17.1 Å². The molecule has 0 heterocycles. The van der Waals surface area contributed by atoms with Crippen LogP contribution in [0.1, 0.15) is 18.1 Å². The number of hydrogen-bond acceptors (Lipinski definition) is 1. The average Bonchev–Trinajstić information content (AvgIpc) is 2.10. The Bertz CT molecular complexity index is 422. The Labute approximate surface area is 87.9 Å². The number of carbonyl (C=O) groups is 1. The maximum absolute atomic E-state index is 13.1. The zero-order chi connectivity index (χ0) is 12.5. The van der Waals surface area contributed by atoms with E-state index in [1.54, 1.807) is 0 Å². The molecule has 0 bridgehead atoms. The lowest BCUT2D eigenvalue weighted by molar-refractivity contribution is -0.140. The molecule has 0 radical (unpaired) electrons. The van der Waals surface area contributed by atoms with Crippen molar-refractivity contribution in [3.8, 4) is 0 Å². The van der Waals surface area contributed by atoms with Gasteiger partial charge in [0.1, 0.15) is 5.78 Å². The fourth-order valence-corrected chi connectivity index (χ4v) is 1.21. The molecular weight excluding hydrogens is 231 g/mol. The zero-order valence-electron chi connectivity index (χ0n) is 8.16. The molecule has 0 fully saturated rings. The van der Waals surface area contributed by atoms with E-state index < -0.39 is 35.6 Å². The smallest absolute Gasteiger partial charge is 0.300 e. The molecule has 1 aromatic rings. The van der Waals surface area contributed by atoms with Gasteiger partial charge in [-0.2, -0.15) is 13.2 Å². The van der Waals surface area contributed by atoms with Gasteiger partial charge in [-0.25, -0.2) is 8.78 Å². The summed E-state index contributed by atoms with van der Waals surface area (Å²) < 4.78 is 62.6. The molecule has 0 amide bonds. The largest absolute Gasteiger partial charge is 0.419 e. The minimum atomic E-state index is -4.94. The fourth-order valence-electron chi connectivity index (χ4n) is 1.21. The number of benzene rings is 1. The van der Waals surface area contributed by atoms with Gasteiger partial charge in [0.25, 0.3) is 0 Å². The molecule has 0 atom stereocenters. The minimum absolute atomic E-state index is 0.377. The first kappa shape index (κ1) is 12.6. The van der Waals surface area contributed by atoms with E-state index in [0.29, 0.717) is 6.07 Å². The SMILES string of the molecule is CC(=O)Cc1ccc(C(F)(F)F)c(F)c1F. The maximum atomic E-state index is 13.1. The lowest BCUT2D eigenvalue weighted by atomic mass is 10.1. The highest BCUT2D eigenvalue weighted by Crippen LogP contribution is 2.33. The van der Waals surface area contributed by atoms with Gasteiger partial charge >= 0.3 is 6.18 Å². The first-order valence-corrected chi connectivity index (χ1v) is 4.27. The van der Waals surface area contributed by atoms with Crippen molar-refractivity contribution in [3.05, 3.63) is 34.9 Å². The average molecular weight is 238 g/mol. The van der Waals surface area contributed by atoms with Crippen LogP contribution in [-0.4, -0.2) is 5.78 Å². The van der Waals surface area contributed by atoms with Gasteiger partial charge in [-0.05, 0) is 18.6 Å². The molecule has 1 nitrogen and oxygen atoms in total. The van der Waals surface area contributed by atoms with Gasteiger partial charge in [-0.1, -0.05) is 6.07 Å². The molecule has 0 aliphatic heterocycles. The number of hydrogen-bond donors (Lipinski definition) is 0. The van der Waals surface area contributed by atoms with E-state index in [1.807, 2.05) is 0 Å². The highest BCUT2D eigenvalue weighted by Gasteiger charge is 2.35. The van der Waals surface area contributed by atoms with E-state index in [-0.39, 0.29) is 5.56 Å². The van der Waals surface area contributed by atoms with Gasteiger partial charge in [0, 0.05) is 6.42 Å². The molecule has 0 saturated heterocycles. The standard InChI is InChI=1S/C10H7F5O/c1-5(16)4-6-2-3-7(10(13,14)15)9(12)8(6)11/h2-3H,4H2,1H3. The molecule has 1 aromatic carbocycles. The number of alkyl halides is 3. The van der Waals surface area contributed by atoms with Crippen molar-refractivity contribution < 1.29 is 26.7 Å². The predicted molar refractivity (Wildman–Crippen MR) is 45.7 cm³/mol. The summed E-state index contributed by atoms with van der Waals surface area (Å²) >= 11 is 0. The molecule has 16 heavy (non-hydrogen) atoms. The van der Waals surface area contributed by atoms with Crippen LogP contribution < -0.4 is 0 Å². The highest BCUT2D eigenvalue weighted by atomic mass is 19.4. The number of halogens is 5. The summed E-state index contributed by atoms with van der Waals surface area (Å²) in [6.45, 7) is 1.13. The predicted octanol–water partition coefficient (Wildman–Crippen LogP) is 3.12. The Kier molecular flexibility index (Phi) is 3.30. The Morgan fingerprint density at radius 2 is 1.75 bits per heavy atom. The van der Waals surface area contributed by atoms with Crippen LogP contribution in [0.25, 0.3) is 0 Å². The van der Waals surface area contributed by atoms with Crippen molar-refractivity contribution in [2.75, 3.05) is 0 Å². The van der Waals surface area contributed by atoms with Crippen molar-refractivity contribution in [2.24, 2.45) is 0 Å². The van der Waals surface area contributed by atoms with Crippen molar-refractivity contribution in [1.29, 1.82) is 0 Å². The van der Waals surface area contributed by atoms with Crippen LogP contribution in [0.3, 0.4) is 0 Å². The summed E-state index contributed by atoms with van der Waals surface area (Å²) in [6.07, 6.45) is -5.37. The van der Waals surface area contributed by atoms with E-state index in [0.717, 1.165) is 13.0 Å². The van der Waals surface area contributed by atoms with Crippen LogP contribution in [0.4, 0.5) is 22.0 Å². The third kappa shape index (κ3) is 2.56. The van der Waals surface area contributed by atoms with Crippen LogP contribution in [0.15, 0.2) is 12.1 Å². The Hall–Kier alpha value is -1.46. The third-order valence-electron chi connectivity index (χ3n) is 1.91. The zero-order valence-corrected chi connectivity index (χ0v) is 8.16. The molecule has 0 N–H and O–H groups in total. The van der Waals surface area contributed by atoms with Crippen LogP contribution in [0.5, 0.6) is 0 Å². The van der Waals surface area contributed by atoms with E-state index in [9.17, 15) is 26.7 Å². The van der Waals surface area contributed by atoms with E-state index in [2.05, 4.69) is 0 Å². The summed E-state index contributed by atoms with van der Waals surface area (Å²) in [5.41, 5.74) is -2.05. The second kappa shape index (κ2) is 4.19. The van der Waals surface area contributed by atoms with Gasteiger partial charge in [0.2, 0.25) is 0 Å². The number of rotatable bonds is 2. The normalized spacial score (nSPS) is 11.6. The monoisotopic (exact) mass is 238 g/mol. The molecule has 6 heteroatoms. The van der Waals surface area contributed by atoms with Gasteiger partial charge in [0.05, 0.1) is 5.56 Å².